The van der Waals surface area contributed by atoms with Crippen molar-refractivity contribution in [2.45, 2.75) is 6.54 Å². The number of hydrogen-bond donors (Lipinski definition) is 1. The summed E-state index contributed by atoms with van der Waals surface area (Å²) in [4.78, 5) is 0. The minimum absolute atomic E-state index is 0.206. The van der Waals surface area contributed by atoms with E-state index in [0.29, 0.717) is 5.56 Å². The molecule has 2 aromatic carbocycles. The van der Waals surface area contributed by atoms with E-state index in [1.54, 1.807) is 13.2 Å². The minimum atomic E-state index is -0.282. The molecule has 0 saturated carbocycles. The number of ether oxygens (including phenoxy) is 1. The fourth-order valence-corrected chi connectivity index (χ4v) is 1.76. The van der Waals surface area contributed by atoms with Crippen LogP contribution in [0.4, 0.5) is 4.39 Å². The molecule has 0 bridgehead atoms. The third-order valence-corrected chi connectivity index (χ3v) is 2.69. The topological polar surface area (TPSA) is 35.2 Å². The molecular weight excluding hydrogens is 217 g/mol. The zero-order valence-corrected chi connectivity index (χ0v) is 9.61. The highest BCUT2D eigenvalue weighted by molar-refractivity contribution is 5.70. The Kier molecular flexibility index (Phi) is 3.40. The summed E-state index contributed by atoms with van der Waals surface area (Å²) in [6.45, 7) is 0.206. The van der Waals surface area contributed by atoms with Crippen LogP contribution in [0.15, 0.2) is 42.5 Å². The summed E-state index contributed by atoms with van der Waals surface area (Å²) in [5.74, 6) is 0.448. The summed E-state index contributed by atoms with van der Waals surface area (Å²) in [7, 11) is 1.60. The Morgan fingerprint density at radius 1 is 1.18 bits per heavy atom. The highest BCUT2D eigenvalue weighted by Crippen LogP contribution is 2.30. The van der Waals surface area contributed by atoms with Gasteiger partial charge in [0, 0.05) is 17.7 Å². The van der Waals surface area contributed by atoms with E-state index in [0.717, 1.165) is 16.9 Å². The summed E-state index contributed by atoms with van der Waals surface area (Å²) < 4.78 is 18.9. The number of benzene rings is 2. The van der Waals surface area contributed by atoms with Crippen molar-refractivity contribution in [3.8, 4) is 16.9 Å². The van der Waals surface area contributed by atoms with Crippen LogP contribution in [-0.4, -0.2) is 7.11 Å². The fourth-order valence-electron chi connectivity index (χ4n) is 1.76. The Balaban J connectivity index is 2.49. The summed E-state index contributed by atoms with van der Waals surface area (Å²) in [5.41, 5.74) is 7.61. The van der Waals surface area contributed by atoms with Crippen molar-refractivity contribution in [3.05, 3.63) is 53.8 Å². The number of rotatable bonds is 3. The molecule has 17 heavy (non-hydrogen) atoms. The normalized spacial score (nSPS) is 10.3. The predicted molar refractivity (Wildman–Crippen MR) is 66.3 cm³/mol. The van der Waals surface area contributed by atoms with Gasteiger partial charge in [-0.1, -0.05) is 30.3 Å². The van der Waals surface area contributed by atoms with Crippen LogP contribution < -0.4 is 10.5 Å². The van der Waals surface area contributed by atoms with E-state index in [2.05, 4.69) is 0 Å². The van der Waals surface area contributed by atoms with E-state index in [9.17, 15) is 4.39 Å². The minimum Gasteiger partial charge on any atom is -0.496 e. The smallest absolute Gasteiger partial charge is 0.128 e. The fraction of sp³-hybridized carbons (Fsp3) is 0.143. The standard InChI is InChI=1S/C14H14FNO/c1-17-14-5-3-2-4-12(14)10-6-7-11(9-16)13(15)8-10/h2-8H,9,16H2,1H3. The van der Waals surface area contributed by atoms with E-state index in [4.69, 9.17) is 10.5 Å². The van der Waals surface area contributed by atoms with Gasteiger partial charge in [0.2, 0.25) is 0 Å². The molecule has 2 N–H and O–H groups in total. The second-order valence-electron chi connectivity index (χ2n) is 3.71. The first-order valence-corrected chi connectivity index (χ1v) is 5.38. The molecule has 0 amide bonds. The molecule has 0 heterocycles. The quantitative estimate of drug-likeness (QED) is 0.881. The summed E-state index contributed by atoms with van der Waals surface area (Å²) >= 11 is 0. The van der Waals surface area contributed by atoms with Crippen molar-refractivity contribution < 1.29 is 9.13 Å². The van der Waals surface area contributed by atoms with E-state index in [1.165, 1.54) is 6.07 Å². The van der Waals surface area contributed by atoms with Gasteiger partial charge in [0.05, 0.1) is 7.11 Å². The Hall–Kier alpha value is -1.87. The van der Waals surface area contributed by atoms with Crippen LogP contribution in [0.1, 0.15) is 5.56 Å². The molecule has 0 spiro atoms. The highest BCUT2D eigenvalue weighted by Gasteiger charge is 2.07. The van der Waals surface area contributed by atoms with Gasteiger partial charge in [0.25, 0.3) is 0 Å². The second-order valence-corrected chi connectivity index (χ2v) is 3.71. The van der Waals surface area contributed by atoms with Crippen LogP contribution in [0.5, 0.6) is 5.75 Å². The van der Waals surface area contributed by atoms with Gasteiger partial charge in [-0.05, 0) is 17.7 Å². The van der Waals surface area contributed by atoms with Crippen LogP contribution >= 0.6 is 0 Å². The Bertz CT molecular complexity index is 525. The first kappa shape index (κ1) is 11.6. The van der Waals surface area contributed by atoms with Gasteiger partial charge >= 0.3 is 0 Å². The lowest BCUT2D eigenvalue weighted by Gasteiger charge is -2.09. The average Bonchev–Trinajstić information content (AvgIpc) is 2.38. The largest absolute Gasteiger partial charge is 0.496 e. The van der Waals surface area contributed by atoms with Crippen molar-refractivity contribution >= 4 is 0 Å². The van der Waals surface area contributed by atoms with E-state index >= 15 is 0 Å². The maximum atomic E-state index is 13.7. The molecule has 0 aliphatic rings. The Morgan fingerprint density at radius 3 is 2.59 bits per heavy atom. The molecule has 0 radical (unpaired) electrons. The molecule has 0 aliphatic carbocycles. The van der Waals surface area contributed by atoms with Gasteiger partial charge in [0.15, 0.2) is 0 Å². The molecule has 2 rings (SSSR count). The third-order valence-electron chi connectivity index (χ3n) is 2.69. The number of halogens is 1. The van der Waals surface area contributed by atoms with Crippen LogP contribution in [-0.2, 0) is 6.54 Å². The zero-order valence-electron chi connectivity index (χ0n) is 9.61. The number of methoxy groups -OCH3 is 1. The molecule has 0 fully saturated rings. The van der Waals surface area contributed by atoms with Crippen LogP contribution in [0, 0.1) is 5.82 Å². The van der Waals surface area contributed by atoms with Crippen molar-refractivity contribution in [3.63, 3.8) is 0 Å². The Labute approximate surface area is 99.8 Å². The summed E-state index contributed by atoms with van der Waals surface area (Å²) in [6.07, 6.45) is 0. The van der Waals surface area contributed by atoms with Crippen LogP contribution in [0.3, 0.4) is 0 Å². The van der Waals surface area contributed by atoms with Crippen molar-refractivity contribution in [2.75, 3.05) is 7.11 Å². The second kappa shape index (κ2) is 4.97. The molecule has 2 aromatic rings. The van der Waals surface area contributed by atoms with Gasteiger partial charge in [-0.25, -0.2) is 4.39 Å². The molecule has 0 aliphatic heterocycles. The van der Waals surface area contributed by atoms with E-state index in [1.807, 2.05) is 30.3 Å². The van der Waals surface area contributed by atoms with Crippen LogP contribution in [0.25, 0.3) is 11.1 Å². The number of hydrogen-bond acceptors (Lipinski definition) is 2. The van der Waals surface area contributed by atoms with Gasteiger partial charge < -0.3 is 10.5 Å². The van der Waals surface area contributed by atoms with Gasteiger partial charge in [-0.3, -0.25) is 0 Å². The average molecular weight is 231 g/mol. The summed E-state index contributed by atoms with van der Waals surface area (Å²) in [6, 6.07) is 12.6. The SMILES string of the molecule is COc1ccccc1-c1ccc(CN)c(F)c1. The lowest BCUT2D eigenvalue weighted by Crippen LogP contribution is -1.99. The van der Waals surface area contributed by atoms with Crippen LogP contribution in [0.2, 0.25) is 0 Å². The number of para-hydroxylation sites is 1. The maximum Gasteiger partial charge on any atom is 0.128 e. The van der Waals surface area contributed by atoms with E-state index < -0.39 is 0 Å². The lowest BCUT2D eigenvalue weighted by atomic mass is 10.0. The third kappa shape index (κ3) is 2.29. The zero-order chi connectivity index (χ0) is 12.3. The first-order valence-electron chi connectivity index (χ1n) is 5.38. The molecular formula is C14H14FNO. The lowest BCUT2D eigenvalue weighted by molar-refractivity contribution is 0.416. The van der Waals surface area contributed by atoms with Gasteiger partial charge in [-0.2, -0.15) is 0 Å². The first-order chi connectivity index (χ1) is 8.26. The van der Waals surface area contributed by atoms with E-state index in [-0.39, 0.29) is 12.4 Å². The molecule has 2 nitrogen and oxygen atoms in total. The molecule has 3 heteroatoms. The predicted octanol–water partition coefficient (Wildman–Crippen LogP) is 2.96. The van der Waals surface area contributed by atoms with Gasteiger partial charge in [-0.15, -0.1) is 0 Å². The van der Waals surface area contributed by atoms with Crippen molar-refractivity contribution in [2.24, 2.45) is 5.73 Å². The Morgan fingerprint density at radius 2 is 1.94 bits per heavy atom. The molecule has 0 unspecified atom stereocenters. The highest BCUT2D eigenvalue weighted by atomic mass is 19.1. The van der Waals surface area contributed by atoms with Crippen molar-refractivity contribution in [1.29, 1.82) is 0 Å². The molecule has 0 atom stereocenters. The monoisotopic (exact) mass is 231 g/mol. The molecule has 0 aromatic heterocycles. The maximum absolute atomic E-state index is 13.7. The number of nitrogens with two attached hydrogens (primary N) is 1. The summed E-state index contributed by atoms with van der Waals surface area (Å²) in [5, 5.41) is 0. The van der Waals surface area contributed by atoms with Gasteiger partial charge in [0.1, 0.15) is 11.6 Å². The molecule has 0 saturated heterocycles. The van der Waals surface area contributed by atoms with Crippen molar-refractivity contribution in [1.82, 2.24) is 0 Å². The molecule has 88 valence electrons.